The maximum atomic E-state index is 5.60. The largest absolute Gasteiger partial charge is 0.374 e. The van der Waals surface area contributed by atoms with Crippen LogP contribution in [-0.4, -0.2) is 25.8 Å². The van der Waals surface area contributed by atoms with Crippen molar-refractivity contribution in [3.05, 3.63) is 0 Å². The first-order valence-electron chi connectivity index (χ1n) is 4.20. The van der Waals surface area contributed by atoms with Crippen LogP contribution >= 0.6 is 0 Å². The molecule has 3 rings (SSSR count). The van der Waals surface area contributed by atoms with Gasteiger partial charge in [0.25, 0.3) is 0 Å². The Labute approximate surface area is 61.9 Å². The molecule has 0 spiro atoms. The normalized spacial score (nSPS) is 44.7. The van der Waals surface area contributed by atoms with Crippen LogP contribution in [0.5, 0.6) is 0 Å². The highest BCUT2D eigenvalue weighted by atomic mass is 16.5. The van der Waals surface area contributed by atoms with Crippen LogP contribution in [0.4, 0.5) is 0 Å². The molecule has 3 unspecified atom stereocenters. The molecule has 1 saturated carbocycles. The van der Waals surface area contributed by atoms with Crippen molar-refractivity contribution < 1.29 is 4.74 Å². The smallest absolute Gasteiger partial charge is 0.0643 e. The Morgan fingerprint density at radius 2 is 2.30 bits per heavy atom. The van der Waals surface area contributed by atoms with Gasteiger partial charge in [0.05, 0.1) is 12.2 Å². The predicted molar refractivity (Wildman–Crippen MR) is 39.9 cm³/mol. The van der Waals surface area contributed by atoms with Crippen LogP contribution in [-0.2, 0) is 4.74 Å². The van der Waals surface area contributed by atoms with E-state index in [2.05, 4.69) is 5.32 Å². The van der Waals surface area contributed by atoms with Crippen LogP contribution in [0.25, 0.3) is 0 Å². The summed E-state index contributed by atoms with van der Waals surface area (Å²) < 4.78 is 5.60. The second kappa shape index (κ2) is 2.51. The van der Waals surface area contributed by atoms with Gasteiger partial charge in [-0.1, -0.05) is 0 Å². The highest BCUT2D eigenvalue weighted by Crippen LogP contribution is 2.38. The van der Waals surface area contributed by atoms with Gasteiger partial charge >= 0.3 is 0 Å². The Morgan fingerprint density at radius 1 is 1.50 bits per heavy atom. The fourth-order valence-electron chi connectivity index (χ4n) is 2.07. The molecule has 2 bridgehead atoms. The van der Waals surface area contributed by atoms with E-state index in [-0.39, 0.29) is 0 Å². The van der Waals surface area contributed by atoms with E-state index >= 15 is 0 Å². The Balaban J connectivity index is 1.84. The van der Waals surface area contributed by atoms with E-state index in [1.807, 2.05) is 7.05 Å². The molecule has 0 amide bonds. The third kappa shape index (κ3) is 0.956. The van der Waals surface area contributed by atoms with Crippen molar-refractivity contribution in [1.29, 1.82) is 0 Å². The maximum Gasteiger partial charge on any atom is 0.0643 e. The van der Waals surface area contributed by atoms with Gasteiger partial charge in [-0.25, -0.2) is 0 Å². The first-order valence-corrected chi connectivity index (χ1v) is 4.20. The van der Waals surface area contributed by atoms with Crippen LogP contribution in [0.1, 0.15) is 19.3 Å². The summed E-state index contributed by atoms with van der Waals surface area (Å²) >= 11 is 0. The fraction of sp³-hybridized carbons (Fsp3) is 1.00. The van der Waals surface area contributed by atoms with Gasteiger partial charge in [0.15, 0.2) is 0 Å². The Bertz CT molecular complexity index is 116. The van der Waals surface area contributed by atoms with Crippen LogP contribution in [0.15, 0.2) is 0 Å². The van der Waals surface area contributed by atoms with Gasteiger partial charge in [0.2, 0.25) is 0 Å². The first kappa shape index (κ1) is 6.62. The highest BCUT2D eigenvalue weighted by Gasteiger charge is 2.40. The van der Waals surface area contributed by atoms with Gasteiger partial charge in [0.1, 0.15) is 0 Å². The standard InChI is InChI=1S/C8H15NO/c1-9-5-6-2-3-7-4-8(6)10-7/h6-9H,2-5H2,1H3. The molecule has 1 aliphatic carbocycles. The molecular formula is C8H15NO. The molecule has 2 heterocycles. The molecule has 0 aromatic carbocycles. The summed E-state index contributed by atoms with van der Waals surface area (Å²) in [6, 6.07) is 0. The molecule has 2 heteroatoms. The molecule has 0 aromatic heterocycles. The van der Waals surface area contributed by atoms with Crippen molar-refractivity contribution in [3.63, 3.8) is 0 Å². The lowest BCUT2D eigenvalue weighted by Gasteiger charge is -2.46. The number of ether oxygens (including phenoxy) is 1. The third-order valence-corrected chi connectivity index (χ3v) is 2.71. The van der Waals surface area contributed by atoms with Crippen LogP contribution in [0.2, 0.25) is 0 Å². The average molecular weight is 141 g/mol. The molecule has 2 nitrogen and oxygen atoms in total. The lowest BCUT2D eigenvalue weighted by atomic mass is 9.80. The van der Waals surface area contributed by atoms with E-state index in [1.165, 1.54) is 19.3 Å². The summed E-state index contributed by atoms with van der Waals surface area (Å²) in [6.07, 6.45) is 5.23. The second-order valence-corrected chi connectivity index (χ2v) is 3.43. The summed E-state index contributed by atoms with van der Waals surface area (Å²) in [5, 5.41) is 3.21. The zero-order valence-corrected chi connectivity index (χ0v) is 6.47. The average Bonchev–Trinajstić information content (AvgIpc) is 1.87. The Morgan fingerprint density at radius 3 is 2.80 bits per heavy atom. The number of fused-ring (bicyclic) bond motifs is 2. The molecule has 0 radical (unpaired) electrons. The summed E-state index contributed by atoms with van der Waals surface area (Å²) in [5.74, 6) is 0.801. The van der Waals surface area contributed by atoms with Crippen LogP contribution in [0, 0.1) is 5.92 Å². The van der Waals surface area contributed by atoms with Crippen molar-refractivity contribution >= 4 is 0 Å². The minimum Gasteiger partial charge on any atom is -0.374 e. The molecule has 10 heavy (non-hydrogen) atoms. The highest BCUT2D eigenvalue weighted by molar-refractivity contribution is 4.90. The second-order valence-electron chi connectivity index (χ2n) is 3.43. The molecule has 3 aliphatic rings. The van der Waals surface area contributed by atoms with Crippen molar-refractivity contribution in [2.45, 2.75) is 31.5 Å². The van der Waals surface area contributed by atoms with Crippen molar-refractivity contribution in [2.24, 2.45) is 5.92 Å². The Hall–Kier alpha value is -0.0800. The van der Waals surface area contributed by atoms with E-state index in [9.17, 15) is 0 Å². The molecule has 2 aliphatic heterocycles. The zero-order valence-electron chi connectivity index (χ0n) is 6.47. The SMILES string of the molecule is CNCC1CCC2CC1O2. The predicted octanol–water partition coefficient (Wildman–Crippen LogP) is 0.773. The molecule has 0 aromatic rings. The minimum atomic E-state index is 0.603. The zero-order chi connectivity index (χ0) is 6.97. The molecule has 58 valence electrons. The van der Waals surface area contributed by atoms with Gasteiger partial charge in [-0.05, 0) is 25.8 Å². The number of nitrogens with one attached hydrogen (secondary N) is 1. The topological polar surface area (TPSA) is 21.3 Å². The van der Waals surface area contributed by atoms with Crippen molar-refractivity contribution in [3.8, 4) is 0 Å². The van der Waals surface area contributed by atoms with E-state index in [4.69, 9.17) is 4.74 Å². The number of hydrogen-bond acceptors (Lipinski definition) is 2. The van der Waals surface area contributed by atoms with Gasteiger partial charge in [-0.15, -0.1) is 0 Å². The Kier molecular flexibility index (Phi) is 1.66. The quantitative estimate of drug-likeness (QED) is 0.613. The van der Waals surface area contributed by atoms with E-state index in [1.54, 1.807) is 0 Å². The van der Waals surface area contributed by atoms with Gasteiger partial charge in [-0.3, -0.25) is 0 Å². The molecular weight excluding hydrogens is 126 g/mol. The molecule has 3 atom stereocenters. The van der Waals surface area contributed by atoms with Gasteiger partial charge in [0, 0.05) is 13.0 Å². The monoisotopic (exact) mass is 141 g/mol. The maximum absolute atomic E-state index is 5.60. The van der Waals surface area contributed by atoms with Crippen LogP contribution < -0.4 is 5.32 Å². The lowest BCUT2D eigenvalue weighted by Crippen LogP contribution is -2.50. The summed E-state index contributed by atoms with van der Waals surface area (Å²) in [5.41, 5.74) is 0. The summed E-state index contributed by atoms with van der Waals surface area (Å²) in [6.45, 7) is 1.14. The molecule has 1 N–H and O–H groups in total. The lowest BCUT2D eigenvalue weighted by molar-refractivity contribution is -0.183. The van der Waals surface area contributed by atoms with Gasteiger partial charge < -0.3 is 10.1 Å². The first-order chi connectivity index (χ1) is 4.90. The third-order valence-electron chi connectivity index (χ3n) is 2.71. The van der Waals surface area contributed by atoms with Crippen LogP contribution in [0.3, 0.4) is 0 Å². The van der Waals surface area contributed by atoms with Crippen molar-refractivity contribution in [1.82, 2.24) is 5.32 Å². The van der Waals surface area contributed by atoms with Crippen molar-refractivity contribution in [2.75, 3.05) is 13.6 Å². The fourth-order valence-corrected chi connectivity index (χ4v) is 2.07. The number of rotatable bonds is 2. The molecule has 3 fully saturated rings. The molecule has 2 saturated heterocycles. The summed E-state index contributed by atoms with van der Waals surface area (Å²) in [4.78, 5) is 0. The summed E-state index contributed by atoms with van der Waals surface area (Å²) in [7, 11) is 2.02. The van der Waals surface area contributed by atoms with E-state index < -0.39 is 0 Å². The minimum absolute atomic E-state index is 0.603. The van der Waals surface area contributed by atoms with E-state index in [0.29, 0.717) is 12.2 Å². The number of hydrogen-bond donors (Lipinski definition) is 1. The van der Waals surface area contributed by atoms with E-state index in [0.717, 1.165) is 12.5 Å². The van der Waals surface area contributed by atoms with Gasteiger partial charge in [-0.2, -0.15) is 0 Å².